The van der Waals surface area contributed by atoms with Gasteiger partial charge in [0.1, 0.15) is 11.6 Å². The minimum atomic E-state index is -0.0486. The van der Waals surface area contributed by atoms with E-state index in [0.717, 1.165) is 26.6 Å². The quantitative estimate of drug-likeness (QED) is 0.720. The first kappa shape index (κ1) is 17.9. The fraction of sp³-hybridized carbons (Fsp3) is 0.263. The molecule has 0 saturated carbocycles. The Morgan fingerprint density at radius 3 is 2.76 bits per heavy atom. The number of benzene rings is 2. The SMILES string of the molecule is Cc1cc(C)c(NC(=O)C[NH+](C)Cc2nc3ccccc3s2)c(Cl)c1. The number of carbonyl (C=O) groups is 1. The molecule has 3 rings (SSSR count). The lowest BCUT2D eigenvalue weighted by Crippen LogP contribution is -3.08. The standard InChI is InChI=1S/C19H20ClN3OS/c1-12-8-13(2)19(14(20)9-12)22-17(24)10-23(3)11-18-21-15-6-4-5-7-16(15)25-18/h4-9H,10-11H2,1-3H3,(H,22,24)/p+1. The summed E-state index contributed by atoms with van der Waals surface area (Å²) in [6.07, 6.45) is 0. The number of hydrogen-bond acceptors (Lipinski definition) is 3. The third-order valence-corrected chi connectivity index (χ3v) is 5.28. The first-order chi connectivity index (χ1) is 11.9. The second-order valence-electron chi connectivity index (χ2n) is 6.37. The Balaban J connectivity index is 1.62. The number of quaternary nitrogens is 1. The van der Waals surface area contributed by atoms with Crippen molar-refractivity contribution in [2.45, 2.75) is 20.4 Å². The molecule has 0 radical (unpaired) electrons. The van der Waals surface area contributed by atoms with E-state index in [9.17, 15) is 4.79 Å². The smallest absolute Gasteiger partial charge is 0.279 e. The van der Waals surface area contributed by atoms with Gasteiger partial charge in [-0.15, -0.1) is 11.3 Å². The molecule has 0 aliphatic rings. The molecule has 1 unspecified atom stereocenters. The molecule has 2 aromatic carbocycles. The Hall–Kier alpha value is -1.95. The first-order valence-corrected chi connectivity index (χ1v) is 9.34. The maximum atomic E-state index is 12.4. The number of rotatable bonds is 5. The second kappa shape index (κ2) is 7.52. The molecule has 130 valence electrons. The molecular weight excluding hydrogens is 354 g/mol. The lowest BCUT2D eigenvalue weighted by molar-refractivity contribution is -0.885. The highest BCUT2D eigenvalue weighted by molar-refractivity contribution is 7.18. The zero-order valence-electron chi connectivity index (χ0n) is 14.5. The van der Waals surface area contributed by atoms with Crippen molar-refractivity contribution in [3.8, 4) is 0 Å². The van der Waals surface area contributed by atoms with Crippen molar-refractivity contribution >= 4 is 44.7 Å². The van der Waals surface area contributed by atoms with Crippen LogP contribution in [0.25, 0.3) is 10.2 Å². The summed E-state index contributed by atoms with van der Waals surface area (Å²) in [5.74, 6) is -0.0486. The van der Waals surface area contributed by atoms with Crippen molar-refractivity contribution in [1.29, 1.82) is 0 Å². The van der Waals surface area contributed by atoms with Gasteiger partial charge in [-0.05, 0) is 43.2 Å². The zero-order chi connectivity index (χ0) is 18.0. The molecular formula is C19H21ClN3OS+. The number of hydrogen-bond donors (Lipinski definition) is 2. The Morgan fingerprint density at radius 1 is 1.28 bits per heavy atom. The van der Waals surface area contributed by atoms with Crippen LogP contribution in [0, 0.1) is 13.8 Å². The van der Waals surface area contributed by atoms with Crippen LogP contribution in [0.1, 0.15) is 16.1 Å². The fourth-order valence-corrected chi connectivity index (χ4v) is 4.30. The summed E-state index contributed by atoms with van der Waals surface area (Å²) in [5, 5.41) is 4.56. The van der Waals surface area contributed by atoms with E-state index in [-0.39, 0.29) is 5.91 Å². The Labute approximate surface area is 156 Å². The van der Waals surface area contributed by atoms with Crippen molar-refractivity contribution in [1.82, 2.24) is 4.98 Å². The lowest BCUT2D eigenvalue weighted by Gasteiger charge is -2.14. The number of aromatic nitrogens is 1. The Kier molecular flexibility index (Phi) is 5.37. The van der Waals surface area contributed by atoms with Gasteiger partial charge in [0.2, 0.25) is 0 Å². The summed E-state index contributed by atoms with van der Waals surface area (Å²) in [4.78, 5) is 18.1. The van der Waals surface area contributed by atoms with Crippen molar-refractivity contribution in [2.24, 2.45) is 0 Å². The van der Waals surface area contributed by atoms with Gasteiger partial charge in [0.25, 0.3) is 5.91 Å². The second-order valence-corrected chi connectivity index (χ2v) is 7.90. The molecule has 0 aliphatic heterocycles. The van der Waals surface area contributed by atoms with Crippen LogP contribution in [0.4, 0.5) is 5.69 Å². The maximum Gasteiger partial charge on any atom is 0.279 e. The highest BCUT2D eigenvalue weighted by Gasteiger charge is 2.15. The Morgan fingerprint density at radius 2 is 2.04 bits per heavy atom. The summed E-state index contributed by atoms with van der Waals surface area (Å²) in [5.41, 5.74) is 3.77. The summed E-state index contributed by atoms with van der Waals surface area (Å²) < 4.78 is 1.18. The molecule has 1 aromatic heterocycles. The minimum absolute atomic E-state index is 0.0486. The van der Waals surface area contributed by atoms with Crippen molar-refractivity contribution < 1.29 is 9.69 Å². The van der Waals surface area contributed by atoms with E-state index in [4.69, 9.17) is 11.6 Å². The third kappa shape index (κ3) is 4.37. The number of halogens is 1. The molecule has 6 heteroatoms. The summed E-state index contributed by atoms with van der Waals surface area (Å²) in [6.45, 7) is 5.01. The highest BCUT2D eigenvalue weighted by Crippen LogP contribution is 2.27. The van der Waals surface area contributed by atoms with E-state index in [1.807, 2.05) is 51.2 Å². The van der Waals surface area contributed by atoms with E-state index in [1.54, 1.807) is 11.3 Å². The molecule has 4 nitrogen and oxygen atoms in total. The number of thiazole rings is 1. The van der Waals surface area contributed by atoms with Crippen molar-refractivity contribution in [3.63, 3.8) is 0 Å². The number of nitrogens with zero attached hydrogens (tertiary/aromatic N) is 1. The molecule has 0 spiro atoms. The molecule has 0 aliphatic carbocycles. The fourth-order valence-electron chi connectivity index (χ4n) is 2.85. The van der Waals surface area contributed by atoms with Gasteiger partial charge in [-0.1, -0.05) is 29.8 Å². The number of aryl methyl sites for hydroxylation is 2. The van der Waals surface area contributed by atoms with Crippen molar-refractivity contribution in [2.75, 3.05) is 18.9 Å². The van der Waals surface area contributed by atoms with Crippen LogP contribution in [-0.4, -0.2) is 24.5 Å². The number of para-hydroxylation sites is 1. The van der Waals surface area contributed by atoms with Gasteiger partial charge < -0.3 is 10.2 Å². The number of fused-ring (bicyclic) bond motifs is 1. The predicted molar refractivity (Wildman–Crippen MR) is 105 cm³/mol. The lowest BCUT2D eigenvalue weighted by atomic mass is 10.1. The molecule has 1 atom stereocenters. The molecule has 25 heavy (non-hydrogen) atoms. The van der Waals surface area contributed by atoms with Gasteiger partial charge in [0.05, 0.1) is 28.0 Å². The molecule has 0 fully saturated rings. The van der Waals surface area contributed by atoms with Crippen LogP contribution in [-0.2, 0) is 11.3 Å². The molecule has 2 N–H and O–H groups in total. The van der Waals surface area contributed by atoms with Gasteiger partial charge in [-0.2, -0.15) is 0 Å². The van der Waals surface area contributed by atoms with E-state index in [2.05, 4.69) is 16.4 Å². The first-order valence-electron chi connectivity index (χ1n) is 8.14. The average molecular weight is 375 g/mol. The molecule has 3 aromatic rings. The molecule has 0 saturated heterocycles. The van der Waals surface area contributed by atoms with Gasteiger partial charge in [-0.3, -0.25) is 4.79 Å². The van der Waals surface area contributed by atoms with Gasteiger partial charge in [0.15, 0.2) is 6.54 Å². The normalized spacial score (nSPS) is 12.3. The van der Waals surface area contributed by atoms with Gasteiger partial charge in [-0.25, -0.2) is 4.98 Å². The number of nitrogens with one attached hydrogen (secondary N) is 2. The van der Waals surface area contributed by atoms with E-state index in [1.165, 1.54) is 4.70 Å². The average Bonchev–Trinajstić information content (AvgIpc) is 2.92. The van der Waals surface area contributed by atoms with Crippen LogP contribution in [0.3, 0.4) is 0 Å². The summed E-state index contributed by atoms with van der Waals surface area (Å²) >= 11 is 7.94. The van der Waals surface area contributed by atoms with Crippen LogP contribution in [0.2, 0.25) is 5.02 Å². The minimum Gasteiger partial charge on any atom is -0.324 e. The van der Waals surface area contributed by atoms with Crippen LogP contribution in [0.5, 0.6) is 0 Å². The van der Waals surface area contributed by atoms with E-state index in [0.29, 0.717) is 23.8 Å². The highest BCUT2D eigenvalue weighted by atomic mass is 35.5. The van der Waals surface area contributed by atoms with Crippen molar-refractivity contribution in [3.05, 3.63) is 57.6 Å². The van der Waals surface area contributed by atoms with Gasteiger partial charge in [0, 0.05) is 0 Å². The maximum absolute atomic E-state index is 12.4. The summed E-state index contributed by atoms with van der Waals surface area (Å²) in [7, 11) is 2.00. The topological polar surface area (TPSA) is 46.4 Å². The molecule has 1 amide bonds. The molecule has 0 bridgehead atoms. The monoisotopic (exact) mass is 374 g/mol. The number of amides is 1. The summed E-state index contributed by atoms with van der Waals surface area (Å²) in [6, 6.07) is 12.0. The predicted octanol–water partition coefficient (Wildman–Crippen LogP) is 3.22. The number of likely N-dealkylation sites (N-methyl/N-ethyl adjacent to an activating group) is 1. The third-order valence-electron chi connectivity index (χ3n) is 3.95. The number of anilines is 1. The van der Waals surface area contributed by atoms with Gasteiger partial charge >= 0.3 is 0 Å². The Bertz CT molecular complexity index is 866. The van der Waals surface area contributed by atoms with Crippen LogP contribution < -0.4 is 10.2 Å². The largest absolute Gasteiger partial charge is 0.324 e. The van der Waals surface area contributed by atoms with E-state index >= 15 is 0 Å². The molecule has 1 heterocycles. The van der Waals surface area contributed by atoms with Crippen LogP contribution >= 0.6 is 22.9 Å². The number of carbonyl (C=O) groups excluding carboxylic acids is 1. The zero-order valence-corrected chi connectivity index (χ0v) is 16.1. The van der Waals surface area contributed by atoms with Crippen LogP contribution in [0.15, 0.2) is 36.4 Å². The van der Waals surface area contributed by atoms with E-state index < -0.39 is 0 Å².